The summed E-state index contributed by atoms with van der Waals surface area (Å²) in [5.74, 6) is 2.40. The van der Waals surface area contributed by atoms with Crippen LogP contribution in [0.5, 0.6) is 11.5 Å². The van der Waals surface area contributed by atoms with Crippen molar-refractivity contribution in [1.29, 1.82) is 0 Å². The Morgan fingerprint density at radius 1 is 1.12 bits per heavy atom. The summed E-state index contributed by atoms with van der Waals surface area (Å²) in [7, 11) is 1.62. The standard InChI is InChI=1S/C25H31N3O4/c1-25(2,3)28-14-17(13-23(28)30)24-26-21-7-5-6-8-22(21)27(24)15-18(29)16-32-20-11-9-19(31-4)10-12-20/h5-12,17-18,29H,13-16H2,1-4H3/t17-,18+/m0/s1. The van der Waals surface area contributed by atoms with Crippen LogP contribution < -0.4 is 9.47 Å². The van der Waals surface area contributed by atoms with Crippen LogP contribution in [-0.2, 0) is 11.3 Å². The molecule has 1 saturated heterocycles. The second-order valence-electron chi connectivity index (χ2n) is 9.29. The topological polar surface area (TPSA) is 76.8 Å². The maximum atomic E-state index is 12.7. The number of fused-ring (bicyclic) bond motifs is 1. The molecule has 2 heterocycles. The summed E-state index contributed by atoms with van der Waals surface area (Å²) >= 11 is 0. The number of carbonyl (C=O) groups is 1. The number of aromatic nitrogens is 2. The van der Waals surface area contributed by atoms with E-state index < -0.39 is 6.10 Å². The Hall–Kier alpha value is -3.06. The highest BCUT2D eigenvalue weighted by atomic mass is 16.5. The van der Waals surface area contributed by atoms with Gasteiger partial charge in [-0.25, -0.2) is 4.98 Å². The summed E-state index contributed by atoms with van der Waals surface area (Å²) in [5, 5.41) is 10.8. The van der Waals surface area contributed by atoms with Crippen molar-refractivity contribution in [3.63, 3.8) is 0 Å². The summed E-state index contributed by atoms with van der Waals surface area (Å²) in [6.45, 7) is 7.27. The predicted molar refractivity (Wildman–Crippen MR) is 123 cm³/mol. The van der Waals surface area contributed by atoms with Gasteiger partial charge in [-0.1, -0.05) is 12.1 Å². The van der Waals surface area contributed by atoms with Crippen LogP contribution in [-0.4, -0.2) is 57.4 Å². The molecule has 1 aliphatic rings. The molecular formula is C25H31N3O4. The number of aliphatic hydroxyl groups excluding tert-OH is 1. The van der Waals surface area contributed by atoms with Crippen LogP contribution in [0.25, 0.3) is 11.0 Å². The molecule has 0 unspecified atom stereocenters. The number of imidazole rings is 1. The van der Waals surface area contributed by atoms with E-state index in [0.717, 1.165) is 22.6 Å². The lowest BCUT2D eigenvalue weighted by Gasteiger charge is -2.32. The lowest BCUT2D eigenvalue weighted by Crippen LogP contribution is -2.42. The van der Waals surface area contributed by atoms with E-state index in [-0.39, 0.29) is 24.0 Å². The van der Waals surface area contributed by atoms with E-state index in [1.165, 1.54) is 0 Å². The van der Waals surface area contributed by atoms with E-state index in [1.54, 1.807) is 7.11 Å². The van der Waals surface area contributed by atoms with Crippen LogP contribution in [0.1, 0.15) is 38.9 Å². The first-order chi connectivity index (χ1) is 15.3. The molecule has 0 radical (unpaired) electrons. The number of amides is 1. The average molecular weight is 438 g/mol. The lowest BCUT2D eigenvalue weighted by molar-refractivity contribution is -0.131. The zero-order chi connectivity index (χ0) is 22.9. The summed E-state index contributed by atoms with van der Waals surface area (Å²) in [6.07, 6.45) is -0.303. The number of hydrogen-bond acceptors (Lipinski definition) is 5. The van der Waals surface area contributed by atoms with Gasteiger partial charge >= 0.3 is 0 Å². The Labute approximate surface area is 188 Å². The van der Waals surface area contributed by atoms with Gasteiger partial charge in [-0.15, -0.1) is 0 Å². The quantitative estimate of drug-likeness (QED) is 0.611. The van der Waals surface area contributed by atoms with E-state index in [4.69, 9.17) is 14.5 Å². The maximum Gasteiger partial charge on any atom is 0.223 e. The van der Waals surface area contributed by atoms with E-state index >= 15 is 0 Å². The molecule has 2 aromatic carbocycles. The van der Waals surface area contributed by atoms with Crippen LogP contribution in [0.3, 0.4) is 0 Å². The Morgan fingerprint density at radius 2 is 1.81 bits per heavy atom. The molecule has 1 aromatic heterocycles. The highest BCUT2D eigenvalue weighted by Gasteiger charge is 2.39. The molecule has 1 amide bonds. The fourth-order valence-electron chi connectivity index (χ4n) is 4.25. The Bertz CT molecular complexity index is 1080. The van der Waals surface area contributed by atoms with Gasteiger partial charge in [-0.05, 0) is 57.2 Å². The van der Waals surface area contributed by atoms with E-state index in [9.17, 15) is 9.90 Å². The molecule has 0 saturated carbocycles. The smallest absolute Gasteiger partial charge is 0.223 e. The van der Waals surface area contributed by atoms with E-state index in [2.05, 4.69) is 20.8 Å². The van der Waals surface area contributed by atoms with Crippen molar-refractivity contribution >= 4 is 16.9 Å². The number of methoxy groups -OCH3 is 1. The lowest BCUT2D eigenvalue weighted by atomic mass is 10.1. The van der Waals surface area contributed by atoms with Crippen molar-refractivity contribution in [2.24, 2.45) is 0 Å². The number of nitrogens with zero attached hydrogens (tertiary/aromatic N) is 3. The Kier molecular flexibility index (Phi) is 6.11. The van der Waals surface area contributed by atoms with E-state index in [0.29, 0.717) is 25.3 Å². The highest BCUT2D eigenvalue weighted by molar-refractivity contribution is 5.81. The molecule has 0 aliphatic carbocycles. The van der Waals surface area contributed by atoms with Crippen molar-refractivity contribution < 1.29 is 19.4 Å². The fraction of sp³-hybridized carbons (Fsp3) is 0.440. The zero-order valence-electron chi connectivity index (χ0n) is 19.1. The van der Waals surface area contributed by atoms with Gasteiger partial charge in [-0.3, -0.25) is 4.79 Å². The minimum absolute atomic E-state index is 0.0103. The Balaban J connectivity index is 1.53. The Morgan fingerprint density at radius 3 is 2.47 bits per heavy atom. The molecule has 0 bridgehead atoms. The second kappa shape index (κ2) is 8.82. The van der Waals surface area contributed by atoms with Gasteiger partial charge in [0.1, 0.15) is 30.0 Å². The van der Waals surface area contributed by atoms with Gasteiger partial charge in [0.2, 0.25) is 5.91 Å². The van der Waals surface area contributed by atoms with Crippen LogP contribution in [0.15, 0.2) is 48.5 Å². The van der Waals surface area contributed by atoms with Gasteiger partial charge < -0.3 is 24.0 Å². The number of para-hydroxylation sites is 2. The summed E-state index contributed by atoms with van der Waals surface area (Å²) in [4.78, 5) is 19.4. The monoisotopic (exact) mass is 437 g/mol. The van der Waals surface area contributed by atoms with Gasteiger partial charge in [0.25, 0.3) is 0 Å². The number of ether oxygens (including phenoxy) is 2. The van der Waals surface area contributed by atoms with Crippen LogP contribution in [0, 0.1) is 0 Å². The van der Waals surface area contributed by atoms with Crippen molar-refractivity contribution in [2.75, 3.05) is 20.3 Å². The summed E-state index contributed by atoms with van der Waals surface area (Å²) in [5.41, 5.74) is 1.59. The van der Waals surface area contributed by atoms with E-state index in [1.807, 2.05) is 58.0 Å². The first-order valence-electron chi connectivity index (χ1n) is 11.0. The molecule has 4 rings (SSSR count). The largest absolute Gasteiger partial charge is 0.497 e. The number of carbonyl (C=O) groups excluding carboxylic acids is 1. The van der Waals surface area contributed by atoms with Crippen molar-refractivity contribution in [3.05, 3.63) is 54.4 Å². The van der Waals surface area contributed by atoms with Crippen LogP contribution in [0.4, 0.5) is 0 Å². The second-order valence-corrected chi connectivity index (χ2v) is 9.29. The highest BCUT2D eigenvalue weighted by Crippen LogP contribution is 2.34. The molecule has 170 valence electrons. The molecule has 1 N–H and O–H groups in total. The molecule has 32 heavy (non-hydrogen) atoms. The fourth-order valence-corrected chi connectivity index (χ4v) is 4.25. The third-order valence-electron chi connectivity index (χ3n) is 5.88. The molecule has 7 heteroatoms. The third kappa shape index (κ3) is 4.58. The number of hydrogen-bond donors (Lipinski definition) is 1. The van der Waals surface area contributed by atoms with Crippen molar-refractivity contribution in [3.8, 4) is 11.5 Å². The van der Waals surface area contributed by atoms with Gasteiger partial charge in [0.15, 0.2) is 0 Å². The van der Waals surface area contributed by atoms with Gasteiger partial charge in [-0.2, -0.15) is 0 Å². The molecular weight excluding hydrogens is 406 g/mol. The summed E-state index contributed by atoms with van der Waals surface area (Å²) in [6, 6.07) is 15.2. The summed E-state index contributed by atoms with van der Waals surface area (Å²) < 4.78 is 13.0. The first kappa shape index (κ1) is 22.1. The maximum absolute atomic E-state index is 12.7. The molecule has 3 aromatic rings. The minimum Gasteiger partial charge on any atom is -0.497 e. The van der Waals surface area contributed by atoms with Crippen molar-refractivity contribution in [1.82, 2.24) is 14.5 Å². The molecule has 2 atom stereocenters. The van der Waals surface area contributed by atoms with Crippen LogP contribution in [0.2, 0.25) is 0 Å². The molecule has 1 fully saturated rings. The average Bonchev–Trinajstić information content (AvgIpc) is 3.33. The molecule has 7 nitrogen and oxygen atoms in total. The number of rotatable bonds is 7. The number of benzene rings is 2. The first-order valence-corrected chi connectivity index (χ1v) is 11.0. The van der Waals surface area contributed by atoms with Crippen LogP contribution >= 0.6 is 0 Å². The van der Waals surface area contributed by atoms with Gasteiger partial charge in [0, 0.05) is 24.4 Å². The normalized spacial score (nSPS) is 17.7. The number of aliphatic hydroxyl groups is 1. The zero-order valence-corrected chi connectivity index (χ0v) is 19.1. The molecule has 1 aliphatic heterocycles. The SMILES string of the molecule is COc1ccc(OC[C@H](O)Cn2c([C@H]3CC(=O)N(C(C)(C)C)C3)nc3ccccc32)cc1. The third-order valence-corrected chi connectivity index (χ3v) is 5.88. The minimum atomic E-state index is -0.732. The predicted octanol–water partition coefficient (Wildman–Crippen LogP) is 3.60. The van der Waals surface area contributed by atoms with Crippen molar-refractivity contribution in [2.45, 2.75) is 51.3 Å². The molecule has 0 spiro atoms. The van der Waals surface area contributed by atoms with Gasteiger partial charge in [0.05, 0.1) is 24.7 Å². The number of likely N-dealkylation sites (tertiary alicyclic amines) is 1.